The molecule has 0 radical (unpaired) electrons. The molecule has 106 valence electrons. The van der Waals surface area contributed by atoms with Crippen molar-refractivity contribution in [1.29, 1.82) is 0 Å². The highest BCUT2D eigenvalue weighted by Crippen LogP contribution is 2.37. The highest BCUT2D eigenvalue weighted by atomic mass is 16.4. The molecule has 0 spiro atoms. The summed E-state index contributed by atoms with van der Waals surface area (Å²) in [7, 11) is 0. The number of hydrogen-bond donors (Lipinski definition) is 2. The van der Waals surface area contributed by atoms with Crippen LogP contribution in [-0.4, -0.2) is 27.6 Å². The van der Waals surface area contributed by atoms with Crippen LogP contribution in [0, 0.1) is 17.8 Å². The van der Waals surface area contributed by atoms with Gasteiger partial charge in [-0.1, -0.05) is 34.6 Å². The third-order valence-electron chi connectivity index (χ3n) is 3.79. The van der Waals surface area contributed by atoms with E-state index >= 15 is 0 Å². The van der Waals surface area contributed by atoms with Crippen LogP contribution in [0.5, 0.6) is 0 Å². The smallest absolute Gasteiger partial charge is 0.354 e. The van der Waals surface area contributed by atoms with Gasteiger partial charge in [-0.3, -0.25) is 0 Å². The van der Waals surface area contributed by atoms with Gasteiger partial charge < -0.3 is 10.4 Å². The maximum absolute atomic E-state index is 10.9. The minimum absolute atomic E-state index is 0.0172. The van der Waals surface area contributed by atoms with Crippen molar-refractivity contribution in [3.63, 3.8) is 0 Å². The monoisotopic (exact) mass is 265 g/mol. The van der Waals surface area contributed by atoms with Crippen LogP contribution in [0.25, 0.3) is 0 Å². The van der Waals surface area contributed by atoms with E-state index in [1.807, 2.05) is 0 Å². The second-order valence-electron chi connectivity index (χ2n) is 6.51. The van der Waals surface area contributed by atoms with Gasteiger partial charge in [-0.15, -0.1) is 0 Å². The first-order valence-corrected chi connectivity index (χ1v) is 6.36. The van der Waals surface area contributed by atoms with Crippen molar-refractivity contribution in [1.82, 2.24) is 9.97 Å². The molecule has 0 saturated heterocycles. The number of anilines is 1. The van der Waals surface area contributed by atoms with Crippen LogP contribution >= 0.6 is 0 Å². The lowest BCUT2D eigenvalue weighted by Crippen LogP contribution is -2.36. The number of aromatic carboxylic acids is 1. The van der Waals surface area contributed by atoms with E-state index in [0.29, 0.717) is 18.2 Å². The van der Waals surface area contributed by atoms with Crippen molar-refractivity contribution in [3.05, 3.63) is 17.5 Å². The van der Waals surface area contributed by atoms with Crippen molar-refractivity contribution in [2.45, 2.75) is 41.5 Å². The Morgan fingerprint density at radius 1 is 1.26 bits per heavy atom. The Kier molecular flexibility index (Phi) is 4.18. The second kappa shape index (κ2) is 5.15. The summed E-state index contributed by atoms with van der Waals surface area (Å²) in [6, 6.07) is 1.46. The van der Waals surface area contributed by atoms with Crippen molar-refractivity contribution < 1.29 is 9.90 Å². The summed E-state index contributed by atoms with van der Waals surface area (Å²) in [6.45, 7) is 13.3. The maximum Gasteiger partial charge on any atom is 0.354 e. The Morgan fingerprint density at radius 2 is 1.84 bits per heavy atom. The van der Waals surface area contributed by atoms with E-state index in [1.165, 1.54) is 6.07 Å². The third-order valence-corrected chi connectivity index (χ3v) is 3.79. The molecule has 19 heavy (non-hydrogen) atoms. The standard InChI is InChI=1S/C14H23N3O2/c1-9-7-10(11(18)19)17-12(16-9)15-8-14(5,6)13(2,3)4/h7H,8H2,1-6H3,(H,18,19)(H,15,16,17). The molecule has 0 aliphatic heterocycles. The number of nitrogens with zero attached hydrogens (tertiary/aromatic N) is 2. The molecule has 0 saturated carbocycles. The second-order valence-corrected chi connectivity index (χ2v) is 6.51. The van der Waals surface area contributed by atoms with Crippen LogP contribution in [0.3, 0.4) is 0 Å². The van der Waals surface area contributed by atoms with Gasteiger partial charge in [0.1, 0.15) is 0 Å². The Balaban J connectivity index is 2.87. The molecule has 0 aliphatic rings. The van der Waals surface area contributed by atoms with Gasteiger partial charge in [0.05, 0.1) is 0 Å². The molecular formula is C14H23N3O2. The van der Waals surface area contributed by atoms with Gasteiger partial charge in [-0.25, -0.2) is 14.8 Å². The minimum Gasteiger partial charge on any atom is -0.477 e. The van der Waals surface area contributed by atoms with Gasteiger partial charge in [-0.05, 0) is 23.8 Å². The average Bonchev–Trinajstić information content (AvgIpc) is 2.24. The number of carboxylic acids is 1. The number of nitrogens with one attached hydrogen (secondary N) is 1. The van der Waals surface area contributed by atoms with Gasteiger partial charge in [0, 0.05) is 12.2 Å². The Labute approximate surface area is 114 Å². The van der Waals surface area contributed by atoms with Crippen molar-refractivity contribution in [2.24, 2.45) is 10.8 Å². The minimum atomic E-state index is -1.04. The van der Waals surface area contributed by atoms with E-state index in [2.05, 4.69) is 49.9 Å². The van der Waals surface area contributed by atoms with Gasteiger partial charge >= 0.3 is 5.97 Å². The molecule has 1 heterocycles. The summed E-state index contributed by atoms with van der Waals surface area (Å²) in [6.07, 6.45) is 0. The van der Waals surface area contributed by atoms with Crippen LogP contribution in [0.1, 0.15) is 50.8 Å². The summed E-state index contributed by atoms with van der Waals surface area (Å²) in [5, 5.41) is 12.1. The topological polar surface area (TPSA) is 75.1 Å². The number of aromatic nitrogens is 2. The molecular weight excluding hydrogens is 242 g/mol. The molecule has 0 aliphatic carbocycles. The van der Waals surface area contributed by atoms with Crippen LogP contribution in [-0.2, 0) is 0 Å². The first kappa shape index (κ1) is 15.4. The van der Waals surface area contributed by atoms with E-state index in [0.717, 1.165) is 0 Å². The van der Waals surface area contributed by atoms with Crippen LogP contribution in [0.4, 0.5) is 5.95 Å². The molecule has 0 bridgehead atoms. The largest absolute Gasteiger partial charge is 0.477 e. The predicted octanol–water partition coefficient (Wildman–Crippen LogP) is 2.97. The fourth-order valence-corrected chi connectivity index (χ4v) is 1.32. The van der Waals surface area contributed by atoms with Gasteiger partial charge in [0.15, 0.2) is 5.69 Å². The van der Waals surface area contributed by atoms with Crippen LogP contribution in [0.15, 0.2) is 6.07 Å². The lowest BCUT2D eigenvalue weighted by Gasteiger charge is -2.38. The molecule has 0 aromatic carbocycles. The molecule has 5 nitrogen and oxygen atoms in total. The molecule has 0 atom stereocenters. The van der Waals surface area contributed by atoms with E-state index in [-0.39, 0.29) is 16.5 Å². The van der Waals surface area contributed by atoms with Crippen molar-refractivity contribution >= 4 is 11.9 Å². The number of aryl methyl sites for hydroxylation is 1. The number of carboxylic acid groups (broad SMARTS) is 1. The molecule has 1 aromatic heterocycles. The van der Waals surface area contributed by atoms with E-state index in [4.69, 9.17) is 5.11 Å². The molecule has 0 amide bonds. The zero-order valence-electron chi connectivity index (χ0n) is 12.5. The molecule has 1 aromatic rings. The zero-order chi connectivity index (χ0) is 14.8. The van der Waals surface area contributed by atoms with E-state index in [9.17, 15) is 4.79 Å². The summed E-state index contributed by atoms with van der Waals surface area (Å²) in [4.78, 5) is 19.2. The summed E-state index contributed by atoms with van der Waals surface area (Å²) in [5.74, 6) is -0.668. The highest BCUT2D eigenvalue weighted by Gasteiger charge is 2.32. The first-order chi connectivity index (χ1) is 8.53. The normalized spacial score (nSPS) is 12.3. The van der Waals surface area contributed by atoms with E-state index in [1.54, 1.807) is 6.92 Å². The number of carbonyl (C=O) groups is 1. The van der Waals surface area contributed by atoms with Gasteiger partial charge in [-0.2, -0.15) is 0 Å². The Bertz CT molecular complexity index is 476. The Morgan fingerprint density at radius 3 is 2.32 bits per heavy atom. The van der Waals surface area contributed by atoms with Crippen molar-refractivity contribution in [2.75, 3.05) is 11.9 Å². The maximum atomic E-state index is 10.9. The summed E-state index contributed by atoms with van der Waals surface area (Å²) >= 11 is 0. The molecule has 1 rings (SSSR count). The van der Waals surface area contributed by atoms with Crippen LogP contribution < -0.4 is 5.32 Å². The Hall–Kier alpha value is -1.65. The molecule has 0 fully saturated rings. The van der Waals surface area contributed by atoms with Crippen LogP contribution in [0.2, 0.25) is 0 Å². The van der Waals surface area contributed by atoms with Gasteiger partial charge in [0.2, 0.25) is 5.95 Å². The predicted molar refractivity (Wildman–Crippen MR) is 75.5 cm³/mol. The third kappa shape index (κ3) is 3.91. The fourth-order valence-electron chi connectivity index (χ4n) is 1.32. The SMILES string of the molecule is Cc1cc(C(=O)O)nc(NCC(C)(C)C(C)(C)C)n1. The fraction of sp³-hybridized carbons (Fsp3) is 0.643. The zero-order valence-corrected chi connectivity index (χ0v) is 12.5. The molecule has 5 heteroatoms. The number of rotatable bonds is 4. The summed E-state index contributed by atoms with van der Waals surface area (Å²) in [5.41, 5.74) is 0.815. The lowest BCUT2D eigenvalue weighted by molar-refractivity contribution is 0.0690. The lowest BCUT2D eigenvalue weighted by atomic mass is 9.69. The van der Waals surface area contributed by atoms with Crippen molar-refractivity contribution in [3.8, 4) is 0 Å². The average molecular weight is 265 g/mol. The number of hydrogen-bond acceptors (Lipinski definition) is 4. The quantitative estimate of drug-likeness (QED) is 0.875. The van der Waals surface area contributed by atoms with E-state index < -0.39 is 5.97 Å². The first-order valence-electron chi connectivity index (χ1n) is 6.36. The molecule has 0 unspecified atom stereocenters. The molecule has 2 N–H and O–H groups in total. The highest BCUT2D eigenvalue weighted by molar-refractivity contribution is 5.85. The summed E-state index contributed by atoms with van der Waals surface area (Å²) < 4.78 is 0. The van der Waals surface area contributed by atoms with Gasteiger partial charge in [0.25, 0.3) is 0 Å².